The lowest BCUT2D eigenvalue weighted by molar-refractivity contribution is -0.198. The molecule has 43 heavy (non-hydrogen) atoms. The minimum Gasteiger partial charge on any atom is -0.469 e. The van der Waals surface area contributed by atoms with Gasteiger partial charge in [0.15, 0.2) is 5.78 Å². The number of hydrogen-bond acceptors (Lipinski definition) is 4. The Morgan fingerprint density at radius 1 is 0.860 bits per heavy atom. The third kappa shape index (κ3) is 4.23. The zero-order chi connectivity index (χ0) is 31.2. The van der Waals surface area contributed by atoms with Gasteiger partial charge in [0.2, 0.25) is 0 Å². The number of benzene rings is 1. The van der Waals surface area contributed by atoms with Crippen LogP contribution in [0.5, 0.6) is 0 Å². The van der Waals surface area contributed by atoms with Crippen LogP contribution in [-0.2, 0) is 14.3 Å². The third-order valence-corrected chi connectivity index (χ3v) is 15.1. The second kappa shape index (κ2) is 10.0. The maximum absolute atomic E-state index is 14.0. The van der Waals surface area contributed by atoms with E-state index in [1.165, 1.54) is 6.42 Å². The van der Waals surface area contributed by atoms with Gasteiger partial charge in [-0.25, -0.2) is 0 Å². The number of rotatable bonds is 4. The van der Waals surface area contributed by atoms with Crippen molar-refractivity contribution >= 4 is 11.8 Å². The molecule has 1 aromatic carbocycles. The van der Waals surface area contributed by atoms with E-state index < -0.39 is 6.04 Å². The van der Waals surface area contributed by atoms with Crippen molar-refractivity contribution in [1.82, 2.24) is 0 Å². The van der Waals surface area contributed by atoms with E-state index in [1.807, 2.05) is 30.3 Å². The van der Waals surface area contributed by atoms with Gasteiger partial charge in [-0.05, 0) is 115 Å². The molecule has 1 aromatic rings. The first kappa shape index (κ1) is 31.1. The molecule has 9 atom stereocenters. The molecule has 4 heteroatoms. The molecule has 0 aliphatic heterocycles. The molecule has 4 fully saturated rings. The van der Waals surface area contributed by atoms with Crippen molar-refractivity contribution in [1.29, 1.82) is 0 Å². The van der Waals surface area contributed by atoms with Gasteiger partial charge in [-0.2, -0.15) is 0 Å². The Morgan fingerprint density at radius 3 is 2.21 bits per heavy atom. The maximum atomic E-state index is 14.0. The highest BCUT2D eigenvalue weighted by Crippen LogP contribution is 2.76. The van der Waals surface area contributed by atoms with Gasteiger partial charge in [-0.3, -0.25) is 9.59 Å². The van der Waals surface area contributed by atoms with Crippen molar-refractivity contribution in [3.63, 3.8) is 0 Å². The van der Waals surface area contributed by atoms with E-state index in [0.717, 1.165) is 63.4 Å². The minimum atomic E-state index is -0.556. The first-order valence-corrected chi connectivity index (χ1v) is 17.2. The lowest BCUT2D eigenvalue weighted by Gasteiger charge is -2.71. The number of ether oxygens (including phenoxy) is 1. The molecular weight excluding hydrogens is 530 g/mol. The third-order valence-electron chi connectivity index (χ3n) is 15.1. The lowest BCUT2D eigenvalue weighted by Crippen LogP contribution is -2.65. The zero-order valence-corrected chi connectivity index (χ0v) is 28.2. The molecule has 4 saturated carbocycles. The quantitative estimate of drug-likeness (QED) is 0.282. The smallest absolute Gasteiger partial charge is 0.312 e. The Balaban J connectivity index is 1.34. The van der Waals surface area contributed by atoms with E-state index in [4.69, 9.17) is 10.5 Å². The number of Topliss-reactive ketones (excluding diaryl/α,β-unsaturated/α-hetero) is 1. The van der Waals surface area contributed by atoms with Gasteiger partial charge >= 0.3 is 5.97 Å². The fraction of sp³-hybridized carbons (Fsp3) is 0.744. The Morgan fingerprint density at radius 2 is 1.53 bits per heavy atom. The topological polar surface area (TPSA) is 69.4 Å². The van der Waals surface area contributed by atoms with Crippen LogP contribution in [0, 0.1) is 56.2 Å². The molecule has 236 valence electrons. The van der Waals surface area contributed by atoms with Gasteiger partial charge < -0.3 is 10.5 Å². The molecule has 5 aliphatic rings. The molecule has 0 saturated heterocycles. The molecule has 0 spiro atoms. The molecule has 6 rings (SSSR count). The summed E-state index contributed by atoms with van der Waals surface area (Å²) in [7, 11) is 1.59. The van der Waals surface area contributed by atoms with Crippen molar-refractivity contribution in [3.05, 3.63) is 47.5 Å². The number of carbonyl (C=O) groups excluding carboxylic acids is 2. The number of carbonyl (C=O) groups is 2. The molecule has 0 unspecified atom stereocenters. The first-order valence-electron chi connectivity index (χ1n) is 17.2. The number of methoxy groups -OCH3 is 1. The van der Waals surface area contributed by atoms with Gasteiger partial charge in [0, 0.05) is 5.92 Å². The molecule has 0 amide bonds. The Bertz CT molecular complexity index is 1310. The van der Waals surface area contributed by atoms with E-state index in [1.54, 1.807) is 12.7 Å². The lowest BCUT2D eigenvalue weighted by atomic mass is 9.33. The summed E-state index contributed by atoms with van der Waals surface area (Å²) in [6.07, 6.45) is 13.2. The summed E-state index contributed by atoms with van der Waals surface area (Å²) in [5.41, 5.74) is 9.31. The number of nitrogens with two attached hydrogens (primary N) is 1. The van der Waals surface area contributed by atoms with Crippen molar-refractivity contribution in [2.75, 3.05) is 7.11 Å². The number of ketones is 1. The van der Waals surface area contributed by atoms with Gasteiger partial charge in [-0.15, -0.1) is 0 Å². The monoisotopic (exact) mass is 587 g/mol. The van der Waals surface area contributed by atoms with Crippen LogP contribution in [0.1, 0.15) is 124 Å². The Kier molecular flexibility index (Phi) is 7.25. The second-order valence-electron chi connectivity index (χ2n) is 17.6. The van der Waals surface area contributed by atoms with Crippen LogP contribution in [0.3, 0.4) is 0 Å². The normalized spacial score (nSPS) is 43.5. The summed E-state index contributed by atoms with van der Waals surface area (Å²) in [4.78, 5) is 27.5. The summed E-state index contributed by atoms with van der Waals surface area (Å²) in [5, 5.41) is 0. The Labute approximate surface area is 261 Å². The van der Waals surface area contributed by atoms with Crippen LogP contribution < -0.4 is 5.73 Å². The predicted molar refractivity (Wildman–Crippen MR) is 173 cm³/mol. The SMILES string of the molecule is COC(=O)[C@]12CCC(C)(C)C[C@H]1C1=CC[C@@H]3[C@@]4(C)CC[C@H](C(=O)[C@@H](N)c5ccccc5)C(C)(C)[C@@H]4CC[C@@]3(C)[C@]1(C)CC2. The van der Waals surface area contributed by atoms with Crippen molar-refractivity contribution < 1.29 is 14.3 Å². The van der Waals surface area contributed by atoms with E-state index >= 15 is 0 Å². The fourth-order valence-corrected chi connectivity index (χ4v) is 12.4. The molecule has 0 radical (unpaired) electrons. The van der Waals surface area contributed by atoms with Crippen LogP contribution in [0.25, 0.3) is 0 Å². The largest absolute Gasteiger partial charge is 0.469 e. The summed E-state index contributed by atoms with van der Waals surface area (Å²) < 4.78 is 5.54. The number of esters is 1. The predicted octanol–water partition coefficient (Wildman–Crippen LogP) is 8.85. The van der Waals surface area contributed by atoms with Crippen LogP contribution in [0.4, 0.5) is 0 Å². The molecule has 2 N–H and O–H groups in total. The average molecular weight is 588 g/mol. The van der Waals surface area contributed by atoms with Crippen LogP contribution >= 0.6 is 0 Å². The molecule has 0 aromatic heterocycles. The molecule has 0 heterocycles. The highest BCUT2D eigenvalue weighted by Gasteiger charge is 2.69. The van der Waals surface area contributed by atoms with Crippen LogP contribution in [-0.4, -0.2) is 18.9 Å². The number of allylic oxidation sites excluding steroid dienone is 2. The first-order chi connectivity index (χ1) is 20.1. The van der Waals surface area contributed by atoms with E-state index in [9.17, 15) is 9.59 Å². The number of hydrogen-bond donors (Lipinski definition) is 1. The van der Waals surface area contributed by atoms with Crippen molar-refractivity contribution in [2.24, 2.45) is 61.9 Å². The van der Waals surface area contributed by atoms with Crippen LogP contribution in [0.2, 0.25) is 0 Å². The van der Waals surface area contributed by atoms with E-state index in [2.05, 4.69) is 54.5 Å². The summed E-state index contributed by atoms with van der Waals surface area (Å²) in [6, 6.07) is 9.37. The minimum absolute atomic E-state index is 0.0183. The second-order valence-corrected chi connectivity index (χ2v) is 17.6. The maximum Gasteiger partial charge on any atom is 0.312 e. The standard InChI is InChI=1S/C39H57NO3/c1-34(2)20-22-39(33(42)43-8)23-21-37(6)26(28(39)24-34)14-15-30-36(5)18-16-27(32(41)31(40)25-12-10-9-11-13-25)35(3,4)29(36)17-19-38(30,37)7/h9-14,27-31H,15-24,40H2,1-8H3/t27-,28+,29+,30-,31+,36+,37-,38-,39+/m1/s1. The van der Waals surface area contributed by atoms with Gasteiger partial charge in [-0.1, -0.05) is 90.4 Å². The van der Waals surface area contributed by atoms with E-state index in [-0.39, 0.29) is 56.1 Å². The fourth-order valence-electron chi connectivity index (χ4n) is 12.4. The summed E-state index contributed by atoms with van der Waals surface area (Å²) in [5.74, 6) is 1.54. The summed E-state index contributed by atoms with van der Waals surface area (Å²) in [6.45, 7) is 17.3. The van der Waals surface area contributed by atoms with Crippen LogP contribution in [0.15, 0.2) is 42.0 Å². The average Bonchev–Trinajstić information content (AvgIpc) is 2.96. The summed E-state index contributed by atoms with van der Waals surface area (Å²) >= 11 is 0. The zero-order valence-electron chi connectivity index (χ0n) is 28.2. The Hall–Kier alpha value is -1.94. The van der Waals surface area contributed by atoms with Crippen molar-refractivity contribution in [2.45, 2.75) is 119 Å². The van der Waals surface area contributed by atoms with Crippen molar-refractivity contribution in [3.8, 4) is 0 Å². The highest BCUT2D eigenvalue weighted by atomic mass is 16.5. The molecule has 0 bridgehead atoms. The van der Waals surface area contributed by atoms with Gasteiger partial charge in [0.1, 0.15) is 0 Å². The molecule has 4 nitrogen and oxygen atoms in total. The molecular formula is C39H57NO3. The van der Waals surface area contributed by atoms with Gasteiger partial charge in [0.05, 0.1) is 18.6 Å². The highest BCUT2D eigenvalue weighted by molar-refractivity contribution is 5.88. The van der Waals surface area contributed by atoms with E-state index in [0.29, 0.717) is 11.8 Å². The van der Waals surface area contributed by atoms with Gasteiger partial charge in [0.25, 0.3) is 0 Å². The molecule has 5 aliphatic carbocycles. The number of fused-ring (bicyclic) bond motifs is 7.